The third-order valence-corrected chi connectivity index (χ3v) is 6.49. The number of fused-ring (bicyclic) bond motifs is 2. The summed E-state index contributed by atoms with van der Waals surface area (Å²) in [6.07, 6.45) is 1.82. The molecule has 4 aromatic heterocycles. The summed E-state index contributed by atoms with van der Waals surface area (Å²) in [5.41, 5.74) is 9.54. The molecule has 1 saturated carbocycles. The first-order chi connectivity index (χ1) is 16.1. The quantitative estimate of drug-likeness (QED) is 0.484. The van der Waals surface area contributed by atoms with Crippen molar-refractivity contribution in [1.29, 1.82) is 0 Å². The fourth-order valence-electron chi connectivity index (χ4n) is 4.58. The van der Waals surface area contributed by atoms with Gasteiger partial charge in [0.1, 0.15) is 16.9 Å². The number of halogens is 2. The highest BCUT2D eigenvalue weighted by atomic mass is 19.3. The molecule has 0 radical (unpaired) electrons. The van der Waals surface area contributed by atoms with E-state index in [2.05, 4.69) is 33.9 Å². The SMILES string of the molecule is [2H]c1cc(-c2ccc3nc(C)n(CC(F)F)c3n2)c2c(N)nc(=NC3CCC(C)(C)CC3)[nH]n12. The van der Waals surface area contributed by atoms with Crippen molar-refractivity contribution >= 4 is 22.5 Å². The number of nitrogens with one attached hydrogen (secondary N) is 1. The lowest BCUT2D eigenvalue weighted by Crippen LogP contribution is -2.27. The molecule has 1 aliphatic rings. The molecule has 4 heterocycles. The minimum Gasteiger partial charge on any atom is -0.382 e. The van der Waals surface area contributed by atoms with E-state index in [1.165, 1.54) is 9.08 Å². The number of rotatable bonds is 4. The molecule has 1 fully saturated rings. The van der Waals surface area contributed by atoms with E-state index >= 15 is 0 Å². The van der Waals surface area contributed by atoms with Crippen LogP contribution in [0.25, 0.3) is 27.9 Å². The van der Waals surface area contributed by atoms with Gasteiger partial charge in [0.2, 0.25) is 5.62 Å². The van der Waals surface area contributed by atoms with Crippen LogP contribution in [0, 0.1) is 12.3 Å². The van der Waals surface area contributed by atoms with Gasteiger partial charge in [-0.2, -0.15) is 4.98 Å². The molecule has 0 amide bonds. The zero-order chi connectivity index (χ0) is 24.2. The molecule has 3 N–H and O–H groups in total. The second kappa shape index (κ2) is 7.93. The summed E-state index contributed by atoms with van der Waals surface area (Å²) in [6.45, 7) is 5.74. The van der Waals surface area contributed by atoms with Crippen molar-refractivity contribution < 1.29 is 10.2 Å². The zero-order valence-electron chi connectivity index (χ0n) is 19.9. The number of nitrogen functional groups attached to an aromatic ring is 1. The number of aryl methyl sites for hydroxylation is 1. The molecular weight excluding hydrogens is 426 g/mol. The second-order valence-electron chi connectivity index (χ2n) is 9.53. The highest BCUT2D eigenvalue weighted by Crippen LogP contribution is 2.36. The van der Waals surface area contributed by atoms with E-state index < -0.39 is 13.0 Å². The highest BCUT2D eigenvalue weighted by Gasteiger charge is 2.26. The molecule has 5 rings (SSSR count). The Bertz CT molecular complexity index is 1440. The van der Waals surface area contributed by atoms with E-state index in [0.29, 0.717) is 44.8 Å². The summed E-state index contributed by atoms with van der Waals surface area (Å²) in [7, 11) is 0. The maximum Gasteiger partial charge on any atom is 0.256 e. The van der Waals surface area contributed by atoms with E-state index in [1.54, 1.807) is 25.1 Å². The lowest BCUT2D eigenvalue weighted by Gasteiger charge is -2.32. The summed E-state index contributed by atoms with van der Waals surface area (Å²) in [6, 6.07) is 5.28. The second-order valence-corrected chi connectivity index (χ2v) is 9.53. The van der Waals surface area contributed by atoms with Gasteiger partial charge in [0, 0.05) is 11.7 Å². The van der Waals surface area contributed by atoms with Gasteiger partial charge in [-0.25, -0.2) is 23.7 Å². The summed E-state index contributed by atoms with van der Waals surface area (Å²) in [4.78, 5) is 18.1. The Morgan fingerprint density at radius 3 is 2.73 bits per heavy atom. The summed E-state index contributed by atoms with van der Waals surface area (Å²) < 4.78 is 37.6. The molecule has 0 atom stereocenters. The molecule has 0 aliphatic heterocycles. The maximum atomic E-state index is 13.1. The molecule has 174 valence electrons. The molecule has 10 heteroatoms. The number of anilines is 1. The lowest BCUT2D eigenvalue weighted by molar-refractivity contribution is 0.127. The van der Waals surface area contributed by atoms with Crippen LogP contribution in [0.5, 0.6) is 0 Å². The van der Waals surface area contributed by atoms with Gasteiger partial charge < -0.3 is 10.3 Å². The lowest BCUT2D eigenvalue weighted by atomic mass is 9.76. The van der Waals surface area contributed by atoms with Gasteiger partial charge in [-0.1, -0.05) is 13.8 Å². The number of hydrogen-bond donors (Lipinski definition) is 2. The average molecular weight is 456 g/mol. The van der Waals surface area contributed by atoms with Crippen molar-refractivity contribution in [3.05, 3.63) is 35.8 Å². The van der Waals surface area contributed by atoms with Crippen molar-refractivity contribution in [3.63, 3.8) is 0 Å². The van der Waals surface area contributed by atoms with Crippen LogP contribution in [-0.4, -0.2) is 41.6 Å². The molecule has 0 saturated heterocycles. The van der Waals surface area contributed by atoms with Crippen molar-refractivity contribution in [2.24, 2.45) is 10.4 Å². The Hall–Kier alpha value is -3.30. The van der Waals surface area contributed by atoms with Crippen molar-refractivity contribution in [1.82, 2.24) is 29.1 Å². The molecule has 0 aromatic carbocycles. The monoisotopic (exact) mass is 455 g/mol. The first-order valence-corrected chi connectivity index (χ1v) is 11.2. The third kappa shape index (κ3) is 4.09. The number of aromatic nitrogens is 6. The predicted molar refractivity (Wildman–Crippen MR) is 123 cm³/mol. The molecule has 8 nitrogen and oxygen atoms in total. The fourth-order valence-corrected chi connectivity index (χ4v) is 4.58. The van der Waals surface area contributed by atoms with Crippen LogP contribution in [0.4, 0.5) is 14.6 Å². The number of nitrogens with two attached hydrogens (primary N) is 1. The predicted octanol–water partition coefficient (Wildman–Crippen LogP) is 4.10. The Labute approximate surface area is 191 Å². The van der Waals surface area contributed by atoms with Gasteiger partial charge in [0.05, 0.1) is 19.7 Å². The number of pyridine rings is 1. The van der Waals surface area contributed by atoms with Crippen LogP contribution < -0.4 is 11.4 Å². The first-order valence-electron chi connectivity index (χ1n) is 11.7. The molecule has 4 aromatic rings. The van der Waals surface area contributed by atoms with Crippen LogP contribution in [0.2, 0.25) is 0 Å². The molecule has 0 unspecified atom stereocenters. The summed E-state index contributed by atoms with van der Waals surface area (Å²) in [5, 5.41) is 3.10. The average Bonchev–Trinajstić information content (AvgIpc) is 3.26. The zero-order valence-corrected chi connectivity index (χ0v) is 18.9. The molecule has 0 bridgehead atoms. The van der Waals surface area contributed by atoms with Crippen molar-refractivity contribution in [2.45, 2.75) is 65.5 Å². The van der Waals surface area contributed by atoms with E-state index in [0.717, 1.165) is 25.7 Å². The fraction of sp³-hybridized carbons (Fsp3) is 0.478. The Morgan fingerprint density at radius 1 is 1.24 bits per heavy atom. The summed E-state index contributed by atoms with van der Waals surface area (Å²) in [5.74, 6) is 0.691. The van der Waals surface area contributed by atoms with Gasteiger partial charge >= 0.3 is 0 Å². The van der Waals surface area contributed by atoms with Crippen LogP contribution in [0.1, 0.15) is 46.7 Å². The van der Waals surface area contributed by atoms with Crippen LogP contribution >= 0.6 is 0 Å². The van der Waals surface area contributed by atoms with Crippen molar-refractivity contribution in [2.75, 3.05) is 5.73 Å². The van der Waals surface area contributed by atoms with E-state index in [-0.39, 0.29) is 18.0 Å². The maximum absolute atomic E-state index is 13.1. The number of imidazole rings is 1. The topological polar surface area (TPSA) is 102 Å². The van der Waals surface area contributed by atoms with Gasteiger partial charge in [-0.15, -0.1) is 0 Å². The molecule has 0 spiro atoms. The van der Waals surface area contributed by atoms with E-state index in [9.17, 15) is 8.78 Å². The standard InChI is InChI=1S/C23H28F2N8/c1-13-27-17-5-4-16(29-21(17)32(13)12-18(24)25)15-8-11-33-19(15)20(26)30-22(31-33)28-14-6-9-23(2,3)10-7-14/h4-5,8,11,14,18H,6-7,9-10,12H2,1-3H3,(H3,26,28,30,31)/i11D. The van der Waals surface area contributed by atoms with E-state index in [1.807, 2.05) is 0 Å². The van der Waals surface area contributed by atoms with Crippen LogP contribution in [0.3, 0.4) is 0 Å². The first kappa shape index (κ1) is 20.3. The van der Waals surface area contributed by atoms with Gasteiger partial charge in [0.15, 0.2) is 11.5 Å². The van der Waals surface area contributed by atoms with E-state index in [4.69, 9.17) is 12.1 Å². The van der Waals surface area contributed by atoms with Gasteiger partial charge in [-0.05, 0) is 56.2 Å². The minimum absolute atomic E-state index is 0.166. The molecular formula is C23H28F2N8. The van der Waals surface area contributed by atoms with Gasteiger partial charge in [-0.3, -0.25) is 9.61 Å². The number of hydrogen-bond acceptors (Lipinski definition) is 5. The van der Waals surface area contributed by atoms with Crippen LogP contribution in [-0.2, 0) is 6.54 Å². The number of H-pyrrole nitrogens is 1. The molecule has 1 aliphatic carbocycles. The summed E-state index contributed by atoms with van der Waals surface area (Å²) >= 11 is 0. The highest BCUT2D eigenvalue weighted by molar-refractivity contribution is 5.88. The van der Waals surface area contributed by atoms with Crippen molar-refractivity contribution in [3.8, 4) is 11.3 Å². The van der Waals surface area contributed by atoms with Crippen LogP contribution in [0.15, 0.2) is 29.4 Å². The van der Waals surface area contributed by atoms with Gasteiger partial charge in [0.25, 0.3) is 6.43 Å². The Morgan fingerprint density at radius 2 is 2.00 bits per heavy atom. The normalized spacial score (nSPS) is 18.0. The number of alkyl halides is 2. The third-order valence-electron chi connectivity index (χ3n) is 6.49. The molecule has 33 heavy (non-hydrogen) atoms. The number of nitrogens with zero attached hydrogens (tertiary/aromatic N) is 6. The minimum atomic E-state index is -2.52. The Kier molecular flexibility index (Phi) is 4.88. The smallest absolute Gasteiger partial charge is 0.256 e. The number of aromatic amines is 1. The largest absolute Gasteiger partial charge is 0.382 e. The Balaban J connectivity index is 1.58.